The second kappa shape index (κ2) is 7.14. The number of hydrogen-bond donors (Lipinski definition) is 0. The van der Waals surface area contributed by atoms with Crippen molar-refractivity contribution in [3.8, 4) is 0 Å². The van der Waals surface area contributed by atoms with E-state index in [9.17, 15) is 8.78 Å². The zero-order valence-electron chi connectivity index (χ0n) is 12.4. The van der Waals surface area contributed by atoms with Gasteiger partial charge < -0.3 is 9.80 Å². The van der Waals surface area contributed by atoms with Gasteiger partial charge in [0.25, 0.3) is 0 Å². The molecule has 1 fully saturated rings. The molecular formula is C16H24F2N2. The highest BCUT2D eigenvalue weighted by Crippen LogP contribution is 2.16. The van der Waals surface area contributed by atoms with E-state index in [1.54, 1.807) is 6.07 Å². The topological polar surface area (TPSA) is 6.48 Å². The van der Waals surface area contributed by atoms with Crippen molar-refractivity contribution in [2.75, 3.05) is 33.2 Å². The van der Waals surface area contributed by atoms with Crippen molar-refractivity contribution >= 4 is 0 Å². The number of likely N-dealkylation sites (N-methyl/N-ethyl adjacent to an activating group) is 1. The van der Waals surface area contributed by atoms with Crippen molar-refractivity contribution < 1.29 is 8.78 Å². The summed E-state index contributed by atoms with van der Waals surface area (Å²) in [5.74, 6) is -1.51. The number of nitrogens with zero attached hydrogens (tertiary/aromatic N) is 2. The fraction of sp³-hybridized carbons (Fsp3) is 0.625. The molecule has 2 rings (SSSR count). The predicted octanol–water partition coefficient (Wildman–Crippen LogP) is 2.92. The summed E-state index contributed by atoms with van der Waals surface area (Å²) in [6.45, 7) is 6.39. The van der Waals surface area contributed by atoms with E-state index >= 15 is 0 Å². The number of halogens is 2. The summed E-state index contributed by atoms with van der Waals surface area (Å²) in [6, 6.07) is 4.84. The molecule has 1 aromatic carbocycles. The lowest BCUT2D eigenvalue weighted by Crippen LogP contribution is -2.44. The van der Waals surface area contributed by atoms with E-state index in [2.05, 4.69) is 23.8 Å². The average Bonchev–Trinajstić information content (AvgIpc) is 2.45. The van der Waals surface area contributed by atoms with Crippen molar-refractivity contribution in [2.45, 2.75) is 32.2 Å². The van der Waals surface area contributed by atoms with Crippen LogP contribution in [0.4, 0.5) is 8.78 Å². The summed E-state index contributed by atoms with van der Waals surface area (Å²) in [6.07, 6.45) is 3.17. The normalized spacial score (nSPS) is 17.9. The van der Waals surface area contributed by atoms with Gasteiger partial charge in [0.05, 0.1) is 0 Å². The summed E-state index contributed by atoms with van der Waals surface area (Å²) >= 11 is 0. The zero-order chi connectivity index (χ0) is 14.5. The molecule has 4 heteroatoms. The first kappa shape index (κ1) is 15.4. The molecule has 0 N–H and O–H groups in total. The Kier molecular flexibility index (Phi) is 5.49. The van der Waals surface area contributed by atoms with E-state index in [1.165, 1.54) is 25.0 Å². The van der Waals surface area contributed by atoms with Gasteiger partial charge in [0.1, 0.15) is 0 Å². The van der Waals surface area contributed by atoms with Crippen LogP contribution < -0.4 is 0 Å². The number of hydrogen-bond acceptors (Lipinski definition) is 2. The Labute approximate surface area is 120 Å². The van der Waals surface area contributed by atoms with Crippen LogP contribution in [0.5, 0.6) is 0 Å². The zero-order valence-corrected chi connectivity index (χ0v) is 12.4. The fourth-order valence-electron chi connectivity index (χ4n) is 2.93. The minimum absolute atomic E-state index is 0.626. The van der Waals surface area contributed by atoms with Crippen LogP contribution in [0.25, 0.3) is 0 Å². The lowest BCUT2D eigenvalue weighted by atomic mass is 10.0. The van der Waals surface area contributed by atoms with Crippen LogP contribution in [0.1, 0.15) is 25.3 Å². The Morgan fingerprint density at radius 3 is 2.50 bits per heavy atom. The third-order valence-corrected chi connectivity index (χ3v) is 4.28. The molecule has 0 aromatic heterocycles. The molecule has 0 atom stereocenters. The molecule has 0 bridgehead atoms. The Balaban J connectivity index is 1.88. The van der Waals surface area contributed by atoms with Crippen molar-refractivity contribution in [2.24, 2.45) is 0 Å². The van der Waals surface area contributed by atoms with E-state index in [4.69, 9.17) is 0 Å². The Bertz CT molecular complexity index is 428. The van der Waals surface area contributed by atoms with Gasteiger partial charge in [0.15, 0.2) is 11.6 Å². The maximum absolute atomic E-state index is 13.2. The van der Waals surface area contributed by atoms with Crippen LogP contribution in [0, 0.1) is 11.6 Å². The smallest absolute Gasteiger partial charge is 0.159 e. The van der Waals surface area contributed by atoms with Gasteiger partial charge in [-0.1, -0.05) is 13.0 Å². The highest BCUT2D eigenvalue weighted by molar-refractivity contribution is 5.18. The first-order chi connectivity index (χ1) is 9.60. The van der Waals surface area contributed by atoms with Crippen LogP contribution in [-0.4, -0.2) is 49.1 Å². The van der Waals surface area contributed by atoms with Crippen LogP contribution in [0.3, 0.4) is 0 Å². The minimum atomic E-state index is -0.767. The number of benzene rings is 1. The third kappa shape index (κ3) is 4.00. The number of piperidine rings is 1. The van der Waals surface area contributed by atoms with Crippen LogP contribution >= 0.6 is 0 Å². The van der Waals surface area contributed by atoms with Crippen LogP contribution in [0.15, 0.2) is 18.2 Å². The van der Waals surface area contributed by atoms with Gasteiger partial charge in [-0.05, 0) is 63.6 Å². The van der Waals surface area contributed by atoms with E-state index in [0.717, 1.165) is 38.2 Å². The van der Waals surface area contributed by atoms with Gasteiger partial charge in [-0.15, -0.1) is 0 Å². The molecule has 0 radical (unpaired) electrons. The molecule has 2 nitrogen and oxygen atoms in total. The Morgan fingerprint density at radius 2 is 1.90 bits per heavy atom. The first-order valence-electron chi connectivity index (χ1n) is 7.46. The largest absolute Gasteiger partial charge is 0.306 e. The van der Waals surface area contributed by atoms with E-state index in [-0.39, 0.29) is 0 Å². The fourth-order valence-corrected chi connectivity index (χ4v) is 2.93. The molecule has 0 unspecified atom stereocenters. The summed E-state index contributed by atoms with van der Waals surface area (Å²) in [7, 11) is 2.16. The van der Waals surface area contributed by atoms with Gasteiger partial charge >= 0.3 is 0 Å². The molecule has 0 saturated carbocycles. The molecule has 112 valence electrons. The lowest BCUT2D eigenvalue weighted by molar-refractivity contribution is 0.127. The minimum Gasteiger partial charge on any atom is -0.306 e. The monoisotopic (exact) mass is 282 g/mol. The molecular weight excluding hydrogens is 258 g/mol. The standard InChI is InChI=1S/C16H24F2N2/c1-3-20(14-7-9-19(2)10-8-14)11-6-13-4-5-15(17)16(18)12-13/h4-5,12,14H,3,6-11H2,1-2H3. The van der Waals surface area contributed by atoms with Crippen molar-refractivity contribution in [3.05, 3.63) is 35.4 Å². The molecule has 1 aliphatic rings. The SMILES string of the molecule is CCN(CCc1ccc(F)c(F)c1)C1CCN(C)CC1. The van der Waals surface area contributed by atoms with Crippen molar-refractivity contribution in [1.82, 2.24) is 9.80 Å². The van der Waals surface area contributed by atoms with Crippen LogP contribution in [0.2, 0.25) is 0 Å². The Morgan fingerprint density at radius 1 is 1.20 bits per heavy atom. The van der Waals surface area contributed by atoms with E-state index in [1.807, 2.05) is 0 Å². The van der Waals surface area contributed by atoms with Gasteiger partial charge in [0, 0.05) is 12.6 Å². The quantitative estimate of drug-likeness (QED) is 0.819. The number of likely N-dealkylation sites (tertiary alicyclic amines) is 1. The van der Waals surface area contributed by atoms with Crippen molar-refractivity contribution in [1.29, 1.82) is 0 Å². The van der Waals surface area contributed by atoms with Crippen LogP contribution in [-0.2, 0) is 6.42 Å². The maximum atomic E-state index is 13.2. The molecule has 0 amide bonds. The molecule has 1 aromatic rings. The van der Waals surface area contributed by atoms with Gasteiger partial charge in [-0.3, -0.25) is 0 Å². The highest BCUT2D eigenvalue weighted by atomic mass is 19.2. The number of rotatable bonds is 5. The molecule has 1 heterocycles. The van der Waals surface area contributed by atoms with E-state index in [0.29, 0.717) is 6.04 Å². The molecule has 20 heavy (non-hydrogen) atoms. The second-order valence-electron chi connectivity index (χ2n) is 5.66. The third-order valence-electron chi connectivity index (χ3n) is 4.28. The summed E-state index contributed by atoms with van der Waals surface area (Å²) in [4.78, 5) is 4.83. The average molecular weight is 282 g/mol. The molecule has 0 spiro atoms. The maximum Gasteiger partial charge on any atom is 0.159 e. The van der Waals surface area contributed by atoms with E-state index < -0.39 is 11.6 Å². The molecule has 1 aliphatic heterocycles. The van der Waals surface area contributed by atoms with Gasteiger partial charge in [0.2, 0.25) is 0 Å². The Hall–Kier alpha value is -1.00. The summed E-state index contributed by atoms with van der Waals surface area (Å²) in [5.41, 5.74) is 0.871. The first-order valence-corrected chi connectivity index (χ1v) is 7.46. The lowest BCUT2D eigenvalue weighted by Gasteiger charge is -2.36. The van der Waals surface area contributed by atoms with Gasteiger partial charge in [-0.25, -0.2) is 8.78 Å². The second-order valence-corrected chi connectivity index (χ2v) is 5.66. The molecule has 1 saturated heterocycles. The highest BCUT2D eigenvalue weighted by Gasteiger charge is 2.21. The van der Waals surface area contributed by atoms with Gasteiger partial charge in [-0.2, -0.15) is 0 Å². The predicted molar refractivity (Wildman–Crippen MR) is 77.8 cm³/mol. The summed E-state index contributed by atoms with van der Waals surface area (Å²) < 4.78 is 26.1. The van der Waals surface area contributed by atoms with Crippen molar-refractivity contribution in [3.63, 3.8) is 0 Å². The summed E-state index contributed by atoms with van der Waals surface area (Å²) in [5, 5.41) is 0. The molecule has 0 aliphatic carbocycles.